The van der Waals surface area contributed by atoms with Crippen molar-refractivity contribution in [2.75, 3.05) is 13.7 Å². The van der Waals surface area contributed by atoms with Gasteiger partial charge in [0.15, 0.2) is 0 Å². The van der Waals surface area contributed by atoms with Gasteiger partial charge in [0.1, 0.15) is 11.2 Å². The second-order valence-electron chi connectivity index (χ2n) is 9.00. The average Bonchev–Trinajstić information content (AvgIpc) is 3.07. The lowest BCUT2D eigenvalue weighted by atomic mass is 9.92. The number of H-pyrrole nitrogens is 1. The second kappa shape index (κ2) is 7.76. The van der Waals surface area contributed by atoms with Gasteiger partial charge in [-0.1, -0.05) is 6.07 Å². The van der Waals surface area contributed by atoms with Crippen molar-refractivity contribution in [3.05, 3.63) is 52.8 Å². The summed E-state index contributed by atoms with van der Waals surface area (Å²) < 4.78 is 11.2. The first-order valence-electron chi connectivity index (χ1n) is 10.3. The van der Waals surface area contributed by atoms with Gasteiger partial charge >= 0.3 is 6.09 Å². The number of aryl methyl sites for hydroxylation is 1. The number of aromatic amines is 1. The van der Waals surface area contributed by atoms with Gasteiger partial charge in [0.25, 0.3) is 0 Å². The van der Waals surface area contributed by atoms with Crippen molar-refractivity contribution < 1.29 is 14.3 Å². The van der Waals surface area contributed by atoms with E-state index in [2.05, 4.69) is 35.1 Å². The lowest BCUT2D eigenvalue weighted by molar-refractivity contribution is 0.0282. The van der Waals surface area contributed by atoms with Crippen molar-refractivity contribution in [2.24, 2.45) is 0 Å². The number of pyridine rings is 1. The molecule has 0 bridgehead atoms. The van der Waals surface area contributed by atoms with E-state index in [9.17, 15) is 4.79 Å². The number of nitrogens with zero attached hydrogens (tertiary/aromatic N) is 2. The molecule has 6 heteroatoms. The number of ether oxygens (including phenoxy) is 2. The van der Waals surface area contributed by atoms with Crippen molar-refractivity contribution in [1.82, 2.24) is 14.9 Å². The Balaban J connectivity index is 1.71. The van der Waals surface area contributed by atoms with Crippen LogP contribution in [0, 0.1) is 6.92 Å². The zero-order chi connectivity index (χ0) is 21.5. The number of carbonyl (C=O) groups is 1. The summed E-state index contributed by atoms with van der Waals surface area (Å²) in [4.78, 5) is 21.9. The molecule has 158 valence electrons. The molecule has 2 aromatic heterocycles. The molecule has 3 heterocycles. The number of benzene rings is 1. The minimum atomic E-state index is -0.523. The molecule has 0 aliphatic carbocycles. The normalized spacial score (nSPS) is 13.9. The summed E-state index contributed by atoms with van der Waals surface area (Å²) in [7, 11) is 1.77. The van der Waals surface area contributed by atoms with E-state index in [0.29, 0.717) is 19.8 Å². The smallest absolute Gasteiger partial charge is 0.410 e. The van der Waals surface area contributed by atoms with Crippen molar-refractivity contribution >= 4 is 17.1 Å². The predicted molar refractivity (Wildman–Crippen MR) is 117 cm³/mol. The van der Waals surface area contributed by atoms with Gasteiger partial charge in [-0.2, -0.15) is 0 Å². The Labute approximate surface area is 177 Å². The van der Waals surface area contributed by atoms with Crippen molar-refractivity contribution in [2.45, 2.75) is 52.9 Å². The van der Waals surface area contributed by atoms with Gasteiger partial charge in [-0.3, -0.25) is 0 Å². The molecule has 0 radical (unpaired) electrons. The van der Waals surface area contributed by atoms with Crippen LogP contribution in [0.3, 0.4) is 0 Å². The third-order valence-corrected chi connectivity index (χ3v) is 5.38. The van der Waals surface area contributed by atoms with E-state index >= 15 is 0 Å². The molecule has 1 aliphatic rings. The van der Waals surface area contributed by atoms with Gasteiger partial charge in [0.05, 0.1) is 13.2 Å². The third-order valence-electron chi connectivity index (χ3n) is 5.38. The topological polar surface area (TPSA) is 67.5 Å². The summed E-state index contributed by atoms with van der Waals surface area (Å²) in [6.45, 7) is 9.46. The number of aromatic nitrogens is 2. The highest BCUT2D eigenvalue weighted by atomic mass is 16.6. The number of hydrogen-bond acceptors (Lipinski definition) is 4. The highest BCUT2D eigenvalue weighted by molar-refractivity contribution is 5.84. The number of amides is 1. The molecule has 0 saturated carbocycles. The molecule has 1 amide bonds. The van der Waals surface area contributed by atoms with Gasteiger partial charge in [-0.25, -0.2) is 9.78 Å². The number of fused-ring (bicyclic) bond motifs is 2. The zero-order valence-corrected chi connectivity index (χ0v) is 18.3. The SMILES string of the molecule is Cc1c[nH]c2ncc(-c3cc4c(c(CN(C)C(=O)OC(C)(C)C)c3)COCC4)cc12. The van der Waals surface area contributed by atoms with Crippen LogP contribution in [0.25, 0.3) is 22.2 Å². The van der Waals surface area contributed by atoms with Gasteiger partial charge < -0.3 is 19.4 Å². The fourth-order valence-electron chi connectivity index (χ4n) is 3.82. The molecule has 4 rings (SSSR count). The van der Waals surface area contributed by atoms with E-state index in [1.54, 1.807) is 11.9 Å². The summed E-state index contributed by atoms with van der Waals surface area (Å²) >= 11 is 0. The van der Waals surface area contributed by atoms with Crippen LogP contribution < -0.4 is 0 Å². The molecule has 6 nitrogen and oxygen atoms in total. The van der Waals surface area contributed by atoms with E-state index in [1.807, 2.05) is 33.2 Å². The highest BCUT2D eigenvalue weighted by Gasteiger charge is 2.22. The monoisotopic (exact) mass is 407 g/mol. The van der Waals surface area contributed by atoms with E-state index in [4.69, 9.17) is 9.47 Å². The summed E-state index contributed by atoms with van der Waals surface area (Å²) in [5, 5.41) is 1.13. The Morgan fingerprint density at radius 3 is 2.83 bits per heavy atom. The van der Waals surface area contributed by atoms with E-state index < -0.39 is 5.60 Å². The molecular formula is C24H29N3O3. The van der Waals surface area contributed by atoms with E-state index in [1.165, 1.54) is 16.7 Å². The Morgan fingerprint density at radius 1 is 1.27 bits per heavy atom. The van der Waals surface area contributed by atoms with Crippen molar-refractivity contribution in [3.63, 3.8) is 0 Å². The van der Waals surface area contributed by atoms with Gasteiger partial charge in [0, 0.05) is 36.9 Å². The lowest BCUT2D eigenvalue weighted by Crippen LogP contribution is -2.34. The molecule has 30 heavy (non-hydrogen) atoms. The van der Waals surface area contributed by atoms with Crippen LogP contribution >= 0.6 is 0 Å². The maximum atomic E-state index is 12.5. The molecule has 0 atom stereocenters. The molecular weight excluding hydrogens is 378 g/mol. The van der Waals surface area contributed by atoms with Gasteiger partial charge in [-0.15, -0.1) is 0 Å². The number of rotatable bonds is 3. The first kappa shape index (κ1) is 20.4. The summed E-state index contributed by atoms with van der Waals surface area (Å²) in [5.74, 6) is 0. The Morgan fingerprint density at radius 2 is 2.07 bits per heavy atom. The van der Waals surface area contributed by atoms with Crippen molar-refractivity contribution in [3.8, 4) is 11.1 Å². The van der Waals surface area contributed by atoms with Crippen LogP contribution in [0.5, 0.6) is 0 Å². The molecule has 1 N–H and O–H groups in total. The third kappa shape index (κ3) is 4.19. The van der Waals surface area contributed by atoms with Gasteiger partial charge in [-0.05, 0) is 74.1 Å². The van der Waals surface area contributed by atoms with Crippen LogP contribution in [-0.2, 0) is 29.0 Å². The number of nitrogens with one attached hydrogen (secondary N) is 1. The Kier molecular flexibility index (Phi) is 5.28. The maximum Gasteiger partial charge on any atom is 0.410 e. The molecule has 1 aliphatic heterocycles. The summed E-state index contributed by atoms with van der Waals surface area (Å²) in [6, 6.07) is 6.56. The van der Waals surface area contributed by atoms with Crippen molar-refractivity contribution in [1.29, 1.82) is 0 Å². The molecule has 3 aromatic rings. The van der Waals surface area contributed by atoms with E-state index in [-0.39, 0.29) is 6.09 Å². The fraction of sp³-hybridized carbons (Fsp3) is 0.417. The zero-order valence-electron chi connectivity index (χ0n) is 18.3. The minimum Gasteiger partial charge on any atom is -0.444 e. The second-order valence-corrected chi connectivity index (χ2v) is 9.00. The van der Waals surface area contributed by atoms with Crippen LogP contribution in [0.15, 0.2) is 30.6 Å². The number of carbonyl (C=O) groups excluding carboxylic acids is 1. The maximum absolute atomic E-state index is 12.5. The number of hydrogen-bond donors (Lipinski definition) is 1. The highest BCUT2D eigenvalue weighted by Crippen LogP contribution is 2.31. The molecule has 1 aromatic carbocycles. The average molecular weight is 408 g/mol. The lowest BCUT2D eigenvalue weighted by Gasteiger charge is -2.27. The molecule has 0 spiro atoms. The van der Waals surface area contributed by atoms with Crippen LogP contribution in [0.2, 0.25) is 0 Å². The Hall–Kier alpha value is -2.86. The first-order valence-corrected chi connectivity index (χ1v) is 10.3. The molecule has 0 fully saturated rings. The van der Waals surface area contributed by atoms with Gasteiger partial charge in [0.2, 0.25) is 0 Å². The first-order chi connectivity index (χ1) is 14.2. The standard InChI is InChI=1S/C24H29N3O3/c1-15-11-25-22-20(15)10-18(12-26-22)17-8-16-6-7-29-14-21(16)19(9-17)13-27(5)23(28)30-24(2,3)4/h8-12H,6-7,13-14H2,1-5H3,(H,25,26). The molecule has 0 unspecified atom stereocenters. The fourth-order valence-corrected chi connectivity index (χ4v) is 3.82. The quantitative estimate of drug-likeness (QED) is 0.665. The van der Waals surface area contributed by atoms with E-state index in [0.717, 1.165) is 34.1 Å². The van der Waals surface area contributed by atoms with Crippen LogP contribution in [-0.4, -0.2) is 40.2 Å². The van der Waals surface area contributed by atoms with Crippen LogP contribution in [0.4, 0.5) is 4.79 Å². The predicted octanol–water partition coefficient (Wildman–Crippen LogP) is 4.98. The van der Waals surface area contributed by atoms with Crippen LogP contribution in [0.1, 0.15) is 43.0 Å². The summed E-state index contributed by atoms with van der Waals surface area (Å²) in [6.07, 6.45) is 4.42. The molecule has 0 saturated heterocycles. The Bertz CT molecular complexity index is 1100. The minimum absolute atomic E-state index is 0.329. The largest absolute Gasteiger partial charge is 0.444 e. The summed E-state index contributed by atoms with van der Waals surface area (Å²) in [5.41, 5.74) is 7.26.